The lowest BCUT2D eigenvalue weighted by molar-refractivity contribution is 0.0568. The van der Waals surface area contributed by atoms with E-state index in [1.165, 1.54) is 0 Å². The van der Waals surface area contributed by atoms with Gasteiger partial charge in [0.1, 0.15) is 0 Å². The Hall–Kier alpha value is 0.160. The van der Waals surface area contributed by atoms with Crippen molar-refractivity contribution in [3.05, 3.63) is 0 Å². The van der Waals surface area contributed by atoms with Crippen LogP contribution in [0.5, 0.6) is 0 Å². The van der Waals surface area contributed by atoms with E-state index in [1.54, 1.807) is 0 Å². The van der Waals surface area contributed by atoms with Crippen molar-refractivity contribution in [2.45, 2.75) is 12.8 Å². The third-order valence-corrected chi connectivity index (χ3v) is 2.64. The molecule has 72 valence electrons. The van der Waals surface area contributed by atoms with Gasteiger partial charge < -0.3 is 4.74 Å². The molecule has 0 radical (unpaired) electrons. The molecule has 1 unspecified atom stereocenters. The van der Waals surface area contributed by atoms with Crippen LogP contribution in [0.15, 0.2) is 0 Å². The molecule has 1 saturated heterocycles. The average Bonchev–Trinajstić information content (AvgIpc) is 2.02. The third kappa shape index (κ3) is 4.25. The van der Waals surface area contributed by atoms with Gasteiger partial charge in [-0.15, -0.1) is 0 Å². The molecular weight excluding hydrogens is 202 g/mol. The number of hydrogen-bond donors (Lipinski definition) is 1. The summed E-state index contributed by atoms with van der Waals surface area (Å²) in [4.78, 5) is 0. The lowest BCUT2D eigenvalue weighted by atomic mass is 10.0. The Morgan fingerprint density at radius 2 is 2.33 bits per heavy atom. The maximum Gasteiger partial charge on any atom is 0.297 e. The number of hydrogen-bond acceptors (Lipinski definition) is 3. The maximum absolute atomic E-state index is 10.5. The van der Waals surface area contributed by atoms with E-state index in [1.807, 2.05) is 0 Å². The van der Waals surface area contributed by atoms with Crippen LogP contribution >= 0.6 is 10.7 Å². The molecule has 0 saturated carbocycles. The van der Waals surface area contributed by atoms with Crippen molar-refractivity contribution in [2.24, 2.45) is 5.92 Å². The van der Waals surface area contributed by atoms with E-state index in [0.29, 0.717) is 13.2 Å². The normalized spacial score (nSPS) is 25.6. The molecule has 0 aromatic carbocycles. The van der Waals surface area contributed by atoms with E-state index >= 15 is 0 Å². The Morgan fingerprint density at radius 1 is 1.58 bits per heavy atom. The van der Waals surface area contributed by atoms with Crippen molar-refractivity contribution < 1.29 is 13.2 Å². The molecule has 1 fully saturated rings. The van der Waals surface area contributed by atoms with Crippen molar-refractivity contribution in [1.29, 1.82) is 0 Å². The zero-order valence-corrected chi connectivity index (χ0v) is 8.20. The van der Waals surface area contributed by atoms with Crippen LogP contribution in [0.1, 0.15) is 12.8 Å². The van der Waals surface area contributed by atoms with Crippen LogP contribution in [0.4, 0.5) is 0 Å². The second-order valence-electron chi connectivity index (χ2n) is 2.87. The fourth-order valence-electron chi connectivity index (χ4n) is 1.19. The zero-order chi connectivity index (χ0) is 9.03. The molecule has 1 atom stereocenters. The second kappa shape index (κ2) is 4.41. The largest absolute Gasteiger partial charge is 0.381 e. The van der Waals surface area contributed by atoms with Crippen LogP contribution in [-0.2, 0) is 14.0 Å². The van der Waals surface area contributed by atoms with Gasteiger partial charge in [0, 0.05) is 23.8 Å². The SMILES string of the molecule is O=S(=O)(Cl)NCC1CCCOC1. The van der Waals surface area contributed by atoms with Crippen molar-refractivity contribution in [2.75, 3.05) is 19.8 Å². The van der Waals surface area contributed by atoms with Crippen molar-refractivity contribution in [1.82, 2.24) is 4.72 Å². The third-order valence-electron chi connectivity index (χ3n) is 1.80. The molecule has 4 nitrogen and oxygen atoms in total. The Bertz CT molecular complexity index is 223. The van der Waals surface area contributed by atoms with Gasteiger partial charge in [0.2, 0.25) is 0 Å². The summed E-state index contributed by atoms with van der Waals surface area (Å²) in [7, 11) is 1.42. The number of ether oxygens (including phenoxy) is 1. The average molecular weight is 214 g/mol. The van der Waals surface area contributed by atoms with Crippen LogP contribution in [-0.4, -0.2) is 28.2 Å². The molecule has 0 bridgehead atoms. The molecule has 0 aliphatic carbocycles. The van der Waals surface area contributed by atoms with Crippen LogP contribution in [0.25, 0.3) is 0 Å². The summed E-state index contributed by atoms with van der Waals surface area (Å²) < 4.78 is 28.4. The first kappa shape index (κ1) is 10.2. The summed E-state index contributed by atoms with van der Waals surface area (Å²) >= 11 is 0. The van der Waals surface area contributed by atoms with Gasteiger partial charge in [0.15, 0.2) is 0 Å². The minimum Gasteiger partial charge on any atom is -0.381 e. The van der Waals surface area contributed by atoms with Gasteiger partial charge in [0.25, 0.3) is 9.24 Å². The van der Waals surface area contributed by atoms with Gasteiger partial charge in [-0.3, -0.25) is 0 Å². The summed E-state index contributed by atoms with van der Waals surface area (Å²) in [6, 6.07) is 0. The first-order valence-electron chi connectivity index (χ1n) is 3.85. The van der Waals surface area contributed by atoms with E-state index < -0.39 is 9.24 Å². The molecule has 1 rings (SSSR count). The molecule has 1 N–H and O–H groups in total. The first-order valence-corrected chi connectivity index (χ1v) is 6.16. The molecule has 12 heavy (non-hydrogen) atoms. The standard InChI is InChI=1S/C6H12ClNO3S/c7-12(9,10)8-4-6-2-1-3-11-5-6/h6,8H,1-5H2. The topological polar surface area (TPSA) is 55.4 Å². The van der Waals surface area contributed by atoms with Crippen LogP contribution in [0, 0.1) is 5.92 Å². The van der Waals surface area contributed by atoms with Crippen molar-refractivity contribution in [3.8, 4) is 0 Å². The Balaban J connectivity index is 2.22. The van der Waals surface area contributed by atoms with Gasteiger partial charge >= 0.3 is 0 Å². The Kier molecular flexibility index (Phi) is 3.77. The summed E-state index contributed by atoms with van der Waals surface area (Å²) in [6.07, 6.45) is 1.99. The van der Waals surface area contributed by atoms with Gasteiger partial charge in [-0.05, 0) is 18.8 Å². The van der Waals surface area contributed by atoms with Crippen molar-refractivity contribution in [3.63, 3.8) is 0 Å². The second-order valence-corrected chi connectivity index (χ2v) is 5.25. The molecule has 1 aliphatic rings. The molecule has 0 spiro atoms. The van der Waals surface area contributed by atoms with Gasteiger partial charge in [-0.25, -0.2) is 4.72 Å². The summed E-state index contributed by atoms with van der Waals surface area (Å²) in [6.45, 7) is 1.79. The minimum absolute atomic E-state index is 0.271. The molecule has 0 aromatic rings. The van der Waals surface area contributed by atoms with E-state index in [4.69, 9.17) is 15.4 Å². The highest BCUT2D eigenvalue weighted by molar-refractivity contribution is 8.12. The predicted octanol–water partition coefficient (Wildman–Crippen LogP) is 0.486. The lowest BCUT2D eigenvalue weighted by Crippen LogP contribution is -2.30. The fourth-order valence-corrected chi connectivity index (χ4v) is 1.81. The van der Waals surface area contributed by atoms with Crippen LogP contribution < -0.4 is 4.72 Å². The van der Waals surface area contributed by atoms with E-state index in [9.17, 15) is 8.42 Å². The Labute approximate surface area is 76.8 Å². The lowest BCUT2D eigenvalue weighted by Gasteiger charge is -2.21. The highest BCUT2D eigenvalue weighted by atomic mass is 35.7. The zero-order valence-electron chi connectivity index (χ0n) is 6.62. The number of rotatable bonds is 3. The highest BCUT2D eigenvalue weighted by Crippen LogP contribution is 2.12. The molecular formula is C6H12ClNO3S. The maximum atomic E-state index is 10.5. The first-order chi connectivity index (χ1) is 5.58. The molecule has 0 aromatic heterocycles. The smallest absolute Gasteiger partial charge is 0.297 e. The van der Waals surface area contributed by atoms with E-state index in [0.717, 1.165) is 19.4 Å². The van der Waals surface area contributed by atoms with Gasteiger partial charge in [0.05, 0.1) is 6.61 Å². The van der Waals surface area contributed by atoms with E-state index in [2.05, 4.69) is 4.72 Å². The number of nitrogens with one attached hydrogen (secondary N) is 1. The predicted molar refractivity (Wildman–Crippen MR) is 46.3 cm³/mol. The van der Waals surface area contributed by atoms with Crippen LogP contribution in [0.2, 0.25) is 0 Å². The number of halogens is 1. The van der Waals surface area contributed by atoms with E-state index in [-0.39, 0.29) is 5.92 Å². The van der Waals surface area contributed by atoms with Crippen LogP contribution in [0.3, 0.4) is 0 Å². The molecule has 6 heteroatoms. The summed E-state index contributed by atoms with van der Waals surface area (Å²) in [5.74, 6) is 0.271. The van der Waals surface area contributed by atoms with Crippen molar-refractivity contribution >= 4 is 19.9 Å². The molecule has 0 amide bonds. The quantitative estimate of drug-likeness (QED) is 0.695. The minimum atomic E-state index is -3.56. The van der Waals surface area contributed by atoms with Gasteiger partial charge in [-0.1, -0.05) is 0 Å². The highest BCUT2D eigenvalue weighted by Gasteiger charge is 2.15. The summed E-state index contributed by atoms with van der Waals surface area (Å²) in [5.41, 5.74) is 0. The summed E-state index contributed by atoms with van der Waals surface area (Å²) in [5, 5.41) is 0. The fraction of sp³-hybridized carbons (Fsp3) is 1.00. The monoisotopic (exact) mass is 213 g/mol. The van der Waals surface area contributed by atoms with Gasteiger partial charge in [-0.2, -0.15) is 8.42 Å². The molecule has 1 aliphatic heterocycles. The molecule has 1 heterocycles. The Morgan fingerprint density at radius 3 is 2.83 bits per heavy atom.